The molecule has 8 heteroatoms. The molecule has 0 unspecified atom stereocenters. The van der Waals surface area contributed by atoms with E-state index in [1.165, 1.54) is 12.1 Å². The van der Waals surface area contributed by atoms with Crippen molar-refractivity contribution in [1.29, 1.82) is 0 Å². The second kappa shape index (κ2) is 9.78. The fraction of sp³-hybridized carbons (Fsp3) is 0.286. The Labute approximate surface area is 207 Å². The van der Waals surface area contributed by atoms with Crippen molar-refractivity contribution in [2.75, 3.05) is 39.3 Å². The molecular formula is C28H26F3N3O2. The first kappa shape index (κ1) is 24.1. The number of benzene rings is 3. The predicted molar refractivity (Wildman–Crippen MR) is 130 cm³/mol. The fourth-order valence-electron chi connectivity index (χ4n) is 4.86. The lowest BCUT2D eigenvalue weighted by Gasteiger charge is -2.48. The predicted octanol–water partition coefficient (Wildman–Crippen LogP) is 4.65. The Kier molecular flexibility index (Phi) is 6.53. The minimum absolute atomic E-state index is 0.0435. The van der Waals surface area contributed by atoms with E-state index in [1.807, 2.05) is 35.2 Å². The number of carbonyl (C=O) groups is 2. The molecule has 5 nitrogen and oxygen atoms in total. The number of likely N-dealkylation sites (tertiary alicyclic amines) is 1. The van der Waals surface area contributed by atoms with Gasteiger partial charge in [0.05, 0.1) is 5.56 Å². The minimum atomic E-state index is -4.45. The normalized spacial score (nSPS) is 17.1. The zero-order chi connectivity index (χ0) is 25.3. The van der Waals surface area contributed by atoms with E-state index in [0.717, 1.165) is 19.2 Å². The number of hydrogen-bond acceptors (Lipinski definition) is 3. The van der Waals surface area contributed by atoms with Crippen molar-refractivity contribution in [3.63, 3.8) is 0 Å². The van der Waals surface area contributed by atoms with Crippen LogP contribution in [0.3, 0.4) is 0 Å². The second-order valence-corrected chi connectivity index (χ2v) is 9.18. The molecule has 2 heterocycles. The van der Waals surface area contributed by atoms with Crippen LogP contribution in [0.25, 0.3) is 11.1 Å². The summed E-state index contributed by atoms with van der Waals surface area (Å²) in [5, 5.41) is 0. The van der Waals surface area contributed by atoms with Crippen LogP contribution in [0.4, 0.5) is 13.2 Å². The summed E-state index contributed by atoms with van der Waals surface area (Å²) < 4.78 is 40.0. The van der Waals surface area contributed by atoms with E-state index in [-0.39, 0.29) is 23.4 Å². The molecule has 0 spiro atoms. The Hall–Kier alpha value is -3.65. The smallest absolute Gasteiger partial charge is 0.336 e. The highest BCUT2D eigenvalue weighted by Crippen LogP contribution is 2.37. The van der Waals surface area contributed by atoms with Gasteiger partial charge in [-0.3, -0.25) is 14.5 Å². The van der Waals surface area contributed by atoms with Gasteiger partial charge in [0, 0.05) is 56.4 Å². The maximum absolute atomic E-state index is 13.3. The highest BCUT2D eigenvalue weighted by molar-refractivity contribution is 5.95. The molecule has 0 N–H and O–H groups in total. The van der Waals surface area contributed by atoms with Gasteiger partial charge in [-0.15, -0.1) is 0 Å². The van der Waals surface area contributed by atoms with E-state index in [1.54, 1.807) is 35.2 Å². The Morgan fingerprint density at radius 2 is 1.22 bits per heavy atom. The number of halogens is 3. The minimum Gasteiger partial charge on any atom is -0.336 e. The third-order valence-corrected chi connectivity index (χ3v) is 6.96. The van der Waals surface area contributed by atoms with Crippen LogP contribution in [0.5, 0.6) is 0 Å². The Morgan fingerprint density at radius 1 is 0.667 bits per heavy atom. The third-order valence-electron chi connectivity index (χ3n) is 6.96. The molecule has 2 aliphatic rings. The fourth-order valence-corrected chi connectivity index (χ4v) is 4.86. The van der Waals surface area contributed by atoms with Gasteiger partial charge in [0.25, 0.3) is 11.8 Å². The van der Waals surface area contributed by atoms with Crippen LogP contribution >= 0.6 is 0 Å². The van der Waals surface area contributed by atoms with E-state index in [9.17, 15) is 22.8 Å². The van der Waals surface area contributed by atoms with Crippen molar-refractivity contribution in [3.05, 3.63) is 95.6 Å². The molecule has 5 rings (SSSR count). The zero-order valence-corrected chi connectivity index (χ0v) is 19.6. The number of nitrogens with zero attached hydrogens (tertiary/aromatic N) is 3. The first-order valence-corrected chi connectivity index (χ1v) is 12.0. The molecule has 0 bridgehead atoms. The molecule has 0 aromatic heterocycles. The van der Waals surface area contributed by atoms with Crippen LogP contribution in [0.2, 0.25) is 0 Å². The lowest BCUT2D eigenvalue weighted by Crippen LogP contribution is -2.64. The van der Waals surface area contributed by atoms with Gasteiger partial charge in [-0.2, -0.15) is 13.2 Å². The van der Waals surface area contributed by atoms with E-state index in [2.05, 4.69) is 4.90 Å². The van der Waals surface area contributed by atoms with E-state index < -0.39 is 11.7 Å². The molecule has 3 aromatic rings. The van der Waals surface area contributed by atoms with E-state index in [4.69, 9.17) is 0 Å². The maximum atomic E-state index is 13.3. The third kappa shape index (κ3) is 4.86. The summed E-state index contributed by atoms with van der Waals surface area (Å²) in [6, 6.07) is 21.3. The Morgan fingerprint density at radius 3 is 1.86 bits per heavy atom. The van der Waals surface area contributed by atoms with E-state index >= 15 is 0 Å². The number of amides is 2. The van der Waals surface area contributed by atoms with Gasteiger partial charge in [-0.05, 0) is 41.5 Å². The molecular weight excluding hydrogens is 467 g/mol. The molecule has 2 amide bonds. The number of rotatable bonds is 4. The van der Waals surface area contributed by atoms with Gasteiger partial charge >= 0.3 is 6.18 Å². The van der Waals surface area contributed by atoms with Gasteiger partial charge in [-0.25, -0.2) is 0 Å². The van der Waals surface area contributed by atoms with Crippen molar-refractivity contribution in [2.45, 2.75) is 12.2 Å². The average Bonchev–Trinajstić information content (AvgIpc) is 2.88. The molecule has 0 atom stereocenters. The van der Waals surface area contributed by atoms with Gasteiger partial charge in [0.1, 0.15) is 0 Å². The summed E-state index contributed by atoms with van der Waals surface area (Å²) in [6.45, 7) is 4.03. The molecule has 186 valence electrons. The Bertz CT molecular complexity index is 1230. The molecule has 0 aliphatic carbocycles. The topological polar surface area (TPSA) is 43.9 Å². The summed E-state index contributed by atoms with van der Waals surface area (Å²) in [5.74, 6) is -0.0817. The number of carbonyl (C=O) groups excluding carboxylic acids is 2. The summed E-state index contributed by atoms with van der Waals surface area (Å²) in [7, 11) is 0. The number of alkyl halides is 3. The van der Waals surface area contributed by atoms with Crippen LogP contribution in [-0.4, -0.2) is 71.8 Å². The van der Waals surface area contributed by atoms with Gasteiger partial charge in [-0.1, -0.05) is 48.5 Å². The summed E-state index contributed by atoms with van der Waals surface area (Å²) >= 11 is 0. The van der Waals surface area contributed by atoms with Crippen molar-refractivity contribution in [3.8, 4) is 11.1 Å². The van der Waals surface area contributed by atoms with Crippen molar-refractivity contribution in [1.82, 2.24) is 14.7 Å². The van der Waals surface area contributed by atoms with Crippen molar-refractivity contribution in [2.24, 2.45) is 0 Å². The molecule has 0 radical (unpaired) electrons. The van der Waals surface area contributed by atoms with Crippen LogP contribution in [-0.2, 0) is 6.18 Å². The average molecular weight is 494 g/mol. The van der Waals surface area contributed by atoms with Crippen LogP contribution in [0.1, 0.15) is 26.3 Å². The molecule has 36 heavy (non-hydrogen) atoms. The second-order valence-electron chi connectivity index (χ2n) is 9.18. The standard InChI is InChI=1S/C28H26F3N3O2/c29-28(30,31)25-9-5-4-8-24(25)20-10-12-22(13-11-20)27(36)34-18-23(19-34)32-14-16-33(17-15-32)26(35)21-6-2-1-3-7-21/h1-13,23H,14-19H2. The zero-order valence-electron chi connectivity index (χ0n) is 19.6. The lowest BCUT2D eigenvalue weighted by molar-refractivity contribution is -0.137. The van der Waals surface area contributed by atoms with Crippen LogP contribution < -0.4 is 0 Å². The molecule has 2 fully saturated rings. The highest BCUT2D eigenvalue weighted by atomic mass is 19.4. The van der Waals surface area contributed by atoms with Gasteiger partial charge in [0.15, 0.2) is 0 Å². The van der Waals surface area contributed by atoms with Crippen molar-refractivity contribution < 1.29 is 22.8 Å². The van der Waals surface area contributed by atoms with Crippen LogP contribution in [0, 0.1) is 0 Å². The Balaban J connectivity index is 1.15. The molecule has 2 saturated heterocycles. The molecule has 2 aliphatic heterocycles. The SMILES string of the molecule is O=C(c1ccccc1)N1CCN(C2CN(C(=O)c3ccc(-c4ccccc4C(F)(F)F)cc3)C2)CC1. The van der Waals surface area contributed by atoms with Crippen molar-refractivity contribution >= 4 is 11.8 Å². The summed E-state index contributed by atoms with van der Waals surface area (Å²) in [5.41, 5.74) is 0.973. The number of hydrogen-bond donors (Lipinski definition) is 0. The summed E-state index contributed by atoms with van der Waals surface area (Å²) in [4.78, 5) is 31.5. The van der Waals surface area contributed by atoms with Gasteiger partial charge < -0.3 is 9.80 Å². The molecule has 0 saturated carbocycles. The van der Waals surface area contributed by atoms with E-state index in [0.29, 0.717) is 42.9 Å². The monoisotopic (exact) mass is 493 g/mol. The lowest BCUT2D eigenvalue weighted by atomic mass is 9.97. The van der Waals surface area contributed by atoms with Crippen LogP contribution in [0.15, 0.2) is 78.9 Å². The first-order chi connectivity index (χ1) is 17.3. The maximum Gasteiger partial charge on any atom is 0.417 e. The highest BCUT2D eigenvalue weighted by Gasteiger charge is 2.37. The molecule has 3 aromatic carbocycles. The largest absolute Gasteiger partial charge is 0.417 e. The quantitative estimate of drug-likeness (QED) is 0.531. The first-order valence-electron chi connectivity index (χ1n) is 12.0. The number of piperazine rings is 1. The van der Waals surface area contributed by atoms with Gasteiger partial charge in [0.2, 0.25) is 0 Å². The summed E-state index contributed by atoms with van der Waals surface area (Å²) in [6.07, 6.45) is -4.45.